The summed E-state index contributed by atoms with van der Waals surface area (Å²) in [6.45, 7) is 6.16. The Kier molecular flexibility index (Phi) is 6.84. The van der Waals surface area contributed by atoms with Crippen molar-refractivity contribution in [1.29, 1.82) is 0 Å². The molecule has 1 N–H and O–H groups in total. The van der Waals surface area contributed by atoms with Gasteiger partial charge in [-0.05, 0) is 72.9 Å². The van der Waals surface area contributed by atoms with Crippen molar-refractivity contribution in [2.75, 3.05) is 4.90 Å². The zero-order valence-electron chi connectivity index (χ0n) is 21.6. The van der Waals surface area contributed by atoms with E-state index in [1.165, 1.54) is 4.90 Å². The fraction of sp³-hybridized carbons (Fsp3) is 0.152. The second kappa shape index (κ2) is 10.4. The number of aliphatic hydroxyl groups is 1. The molecule has 1 unspecified atom stereocenters. The van der Waals surface area contributed by atoms with Crippen molar-refractivity contribution in [3.05, 3.63) is 136 Å². The van der Waals surface area contributed by atoms with Crippen LogP contribution in [-0.4, -0.2) is 16.8 Å². The van der Waals surface area contributed by atoms with Gasteiger partial charge in [-0.15, -0.1) is 0 Å². The highest BCUT2D eigenvalue weighted by Gasteiger charge is 2.47. The Labute approximate surface area is 222 Å². The Bertz CT molecular complexity index is 1540. The van der Waals surface area contributed by atoms with Crippen molar-refractivity contribution in [3.63, 3.8) is 0 Å². The number of carbonyl (C=O) groups is 2. The maximum atomic E-state index is 13.5. The summed E-state index contributed by atoms with van der Waals surface area (Å²) in [6.07, 6.45) is 0. The number of aryl methyl sites for hydroxylation is 3. The van der Waals surface area contributed by atoms with Crippen LogP contribution in [0.1, 0.15) is 39.4 Å². The van der Waals surface area contributed by atoms with E-state index in [2.05, 4.69) is 0 Å². The molecule has 190 valence electrons. The predicted octanol–water partition coefficient (Wildman–Crippen LogP) is 6.82. The van der Waals surface area contributed by atoms with Crippen LogP contribution in [0.2, 0.25) is 0 Å². The Morgan fingerprint density at radius 3 is 2.18 bits per heavy atom. The summed E-state index contributed by atoms with van der Waals surface area (Å²) in [4.78, 5) is 28.4. The Balaban J connectivity index is 1.57. The third kappa shape index (κ3) is 4.71. The molecule has 5 heteroatoms. The number of hydrogen-bond donors (Lipinski definition) is 1. The molecule has 4 aromatic carbocycles. The van der Waals surface area contributed by atoms with Crippen LogP contribution < -0.4 is 9.64 Å². The summed E-state index contributed by atoms with van der Waals surface area (Å²) in [5.74, 6) is -0.892. The molecule has 0 radical (unpaired) electrons. The lowest BCUT2D eigenvalue weighted by Gasteiger charge is -2.27. The minimum absolute atomic E-state index is 0.0689. The van der Waals surface area contributed by atoms with Crippen molar-refractivity contribution >= 4 is 23.1 Å². The van der Waals surface area contributed by atoms with Gasteiger partial charge in [0.05, 0.1) is 11.6 Å². The monoisotopic (exact) mass is 503 g/mol. The molecular formula is C33H29NO4. The summed E-state index contributed by atoms with van der Waals surface area (Å²) >= 11 is 0. The third-order valence-electron chi connectivity index (χ3n) is 6.87. The molecule has 0 aromatic heterocycles. The van der Waals surface area contributed by atoms with Gasteiger partial charge in [-0.1, -0.05) is 72.8 Å². The van der Waals surface area contributed by atoms with Crippen LogP contribution in [0, 0.1) is 20.8 Å². The van der Waals surface area contributed by atoms with Gasteiger partial charge in [-0.3, -0.25) is 14.5 Å². The van der Waals surface area contributed by atoms with Gasteiger partial charge in [-0.25, -0.2) is 0 Å². The first-order chi connectivity index (χ1) is 18.3. The first-order valence-electron chi connectivity index (χ1n) is 12.6. The van der Waals surface area contributed by atoms with Crippen molar-refractivity contribution in [2.45, 2.75) is 33.4 Å². The molecule has 1 saturated heterocycles. The molecule has 1 fully saturated rings. The molecule has 0 bridgehead atoms. The van der Waals surface area contributed by atoms with Crippen molar-refractivity contribution in [3.8, 4) is 5.75 Å². The van der Waals surface area contributed by atoms with E-state index in [1.807, 2.05) is 99.6 Å². The molecule has 38 heavy (non-hydrogen) atoms. The number of carbonyl (C=O) groups excluding carboxylic acids is 2. The third-order valence-corrected chi connectivity index (χ3v) is 6.87. The second-order valence-corrected chi connectivity index (χ2v) is 9.62. The normalized spacial score (nSPS) is 16.6. The van der Waals surface area contributed by atoms with Gasteiger partial charge in [0.15, 0.2) is 0 Å². The van der Waals surface area contributed by atoms with Crippen LogP contribution >= 0.6 is 0 Å². The maximum Gasteiger partial charge on any atom is 0.300 e. The number of Topliss-reactive ketones (excluding diaryl/α,β-unsaturated/α-hetero) is 1. The molecule has 1 amide bonds. The number of amides is 1. The molecule has 1 atom stereocenters. The van der Waals surface area contributed by atoms with E-state index < -0.39 is 17.7 Å². The number of ketones is 1. The van der Waals surface area contributed by atoms with Crippen LogP contribution in [0.3, 0.4) is 0 Å². The van der Waals surface area contributed by atoms with Gasteiger partial charge in [0, 0.05) is 11.3 Å². The largest absolute Gasteiger partial charge is 0.507 e. The number of rotatable bonds is 6. The number of hydrogen-bond acceptors (Lipinski definition) is 4. The molecular weight excluding hydrogens is 474 g/mol. The summed E-state index contributed by atoms with van der Waals surface area (Å²) in [5.41, 5.74) is 5.62. The van der Waals surface area contributed by atoms with E-state index >= 15 is 0 Å². The van der Waals surface area contributed by atoms with Gasteiger partial charge in [-0.2, -0.15) is 0 Å². The highest BCUT2D eigenvalue weighted by atomic mass is 16.5. The van der Waals surface area contributed by atoms with Crippen LogP contribution in [0.4, 0.5) is 5.69 Å². The lowest BCUT2D eigenvalue weighted by atomic mass is 9.94. The predicted molar refractivity (Wildman–Crippen MR) is 149 cm³/mol. The molecule has 1 aliphatic rings. The van der Waals surface area contributed by atoms with Crippen LogP contribution in [0.25, 0.3) is 5.76 Å². The molecule has 5 rings (SSSR count). The highest BCUT2D eigenvalue weighted by Crippen LogP contribution is 2.43. The molecule has 0 saturated carbocycles. The first-order valence-corrected chi connectivity index (χ1v) is 12.6. The maximum absolute atomic E-state index is 13.5. The smallest absolute Gasteiger partial charge is 0.300 e. The van der Waals surface area contributed by atoms with E-state index in [0.29, 0.717) is 23.6 Å². The van der Waals surface area contributed by atoms with Crippen molar-refractivity contribution in [1.82, 2.24) is 0 Å². The second-order valence-electron chi connectivity index (χ2n) is 9.62. The van der Waals surface area contributed by atoms with Gasteiger partial charge < -0.3 is 9.84 Å². The Hall–Kier alpha value is -4.64. The summed E-state index contributed by atoms with van der Waals surface area (Å²) in [6, 6.07) is 29.5. The Morgan fingerprint density at radius 1 is 0.816 bits per heavy atom. The van der Waals surface area contributed by atoms with Gasteiger partial charge in [0.1, 0.15) is 18.1 Å². The van der Waals surface area contributed by atoms with E-state index in [0.717, 1.165) is 27.8 Å². The highest BCUT2D eigenvalue weighted by molar-refractivity contribution is 6.51. The lowest BCUT2D eigenvalue weighted by Crippen LogP contribution is -2.30. The van der Waals surface area contributed by atoms with Crippen molar-refractivity contribution < 1.29 is 19.4 Å². The number of ether oxygens (including phenoxy) is 1. The summed E-state index contributed by atoms with van der Waals surface area (Å²) in [5, 5.41) is 11.5. The van der Waals surface area contributed by atoms with E-state index in [1.54, 1.807) is 18.2 Å². The minimum Gasteiger partial charge on any atom is -0.507 e. The van der Waals surface area contributed by atoms with E-state index in [-0.39, 0.29) is 11.3 Å². The minimum atomic E-state index is -0.758. The lowest BCUT2D eigenvalue weighted by molar-refractivity contribution is -0.132. The number of anilines is 1. The topological polar surface area (TPSA) is 66.8 Å². The van der Waals surface area contributed by atoms with Crippen LogP contribution in [0.5, 0.6) is 5.75 Å². The zero-order chi connectivity index (χ0) is 26.8. The summed E-state index contributed by atoms with van der Waals surface area (Å²) < 4.78 is 5.98. The molecule has 1 aliphatic heterocycles. The first kappa shape index (κ1) is 25.0. The van der Waals surface area contributed by atoms with Crippen molar-refractivity contribution in [2.24, 2.45) is 0 Å². The number of benzene rings is 4. The number of aliphatic hydroxyl groups excluding tert-OH is 1. The number of nitrogens with zero attached hydrogens (tertiary/aromatic N) is 1. The summed E-state index contributed by atoms with van der Waals surface area (Å²) in [7, 11) is 0. The van der Waals surface area contributed by atoms with Gasteiger partial charge >= 0.3 is 0 Å². The molecule has 0 spiro atoms. The standard InChI is InChI=1S/C33H29NO4/c1-21-14-15-22(2)27(18-21)34-30(25-12-8-5-9-13-25)29(32(36)33(34)37)31(35)26-16-17-28(23(3)19-26)38-20-24-10-6-4-7-11-24/h4-19,30,35H,20H2,1-3H3/b31-29-. The van der Waals surface area contributed by atoms with Crippen LogP contribution in [-0.2, 0) is 16.2 Å². The zero-order valence-corrected chi connectivity index (χ0v) is 21.6. The van der Waals surface area contributed by atoms with Gasteiger partial charge in [0.2, 0.25) is 0 Å². The average molecular weight is 504 g/mol. The fourth-order valence-corrected chi connectivity index (χ4v) is 4.86. The SMILES string of the molecule is Cc1ccc(C)c(N2C(=O)C(=O)/C(=C(\O)c3ccc(OCc4ccccc4)c(C)c3)C2c2ccccc2)c1. The average Bonchev–Trinajstić information content (AvgIpc) is 3.20. The molecule has 4 aromatic rings. The molecule has 0 aliphatic carbocycles. The fourth-order valence-electron chi connectivity index (χ4n) is 4.86. The molecule has 5 nitrogen and oxygen atoms in total. The Morgan fingerprint density at radius 2 is 1.50 bits per heavy atom. The van der Waals surface area contributed by atoms with Crippen LogP contribution in [0.15, 0.2) is 103 Å². The van der Waals surface area contributed by atoms with Gasteiger partial charge in [0.25, 0.3) is 11.7 Å². The quantitative estimate of drug-likeness (QED) is 0.178. The van der Waals surface area contributed by atoms with E-state index in [4.69, 9.17) is 4.74 Å². The van der Waals surface area contributed by atoms with E-state index in [9.17, 15) is 14.7 Å². The molecule has 1 heterocycles.